The van der Waals surface area contributed by atoms with Gasteiger partial charge in [0.15, 0.2) is 11.5 Å². The molecule has 0 aliphatic carbocycles. The molecule has 1 atom stereocenters. The van der Waals surface area contributed by atoms with Gasteiger partial charge in [-0.3, -0.25) is 9.59 Å². The van der Waals surface area contributed by atoms with Crippen molar-refractivity contribution in [3.8, 4) is 11.5 Å². The molecule has 6 nitrogen and oxygen atoms in total. The van der Waals surface area contributed by atoms with Crippen LogP contribution in [-0.4, -0.2) is 36.6 Å². The molecule has 1 fully saturated rings. The number of rotatable bonds is 7. The van der Waals surface area contributed by atoms with Gasteiger partial charge in [-0.2, -0.15) is 0 Å². The first kappa shape index (κ1) is 16.6. The van der Waals surface area contributed by atoms with Crippen molar-refractivity contribution < 1.29 is 19.1 Å². The molecule has 0 aromatic heterocycles. The van der Waals surface area contributed by atoms with Crippen LogP contribution in [0.2, 0.25) is 0 Å². The SMILES string of the molecule is CCCCCNC(=O)C1CC(=O)N(Cc2ccc3c(c2)OCO3)C1. The number of nitrogens with one attached hydrogen (secondary N) is 1. The lowest BCUT2D eigenvalue weighted by atomic mass is 10.1. The molecular formula is C18H24N2O4. The van der Waals surface area contributed by atoms with Gasteiger partial charge in [-0.1, -0.05) is 25.8 Å². The number of likely N-dealkylation sites (tertiary alicyclic amines) is 1. The molecule has 1 unspecified atom stereocenters. The van der Waals surface area contributed by atoms with Gasteiger partial charge in [-0.15, -0.1) is 0 Å². The summed E-state index contributed by atoms with van der Waals surface area (Å²) in [4.78, 5) is 26.1. The van der Waals surface area contributed by atoms with Crippen molar-refractivity contribution in [3.63, 3.8) is 0 Å². The topological polar surface area (TPSA) is 67.9 Å². The second-order valence-electron chi connectivity index (χ2n) is 6.36. The van der Waals surface area contributed by atoms with Crippen molar-refractivity contribution in [1.29, 1.82) is 0 Å². The highest BCUT2D eigenvalue weighted by atomic mass is 16.7. The van der Waals surface area contributed by atoms with E-state index in [-0.39, 0.29) is 24.5 Å². The van der Waals surface area contributed by atoms with Crippen molar-refractivity contribution in [2.24, 2.45) is 5.92 Å². The molecule has 0 radical (unpaired) electrons. The molecule has 3 rings (SSSR count). The molecule has 2 amide bonds. The summed E-state index contributed by atoms with van der Waals surface area (Å²) < 4.78 is 10.7. The maximum absolute atomic E-state index is 12.2. The number of carbonyl (C=O) groups excluding carboxylic acids is 2. The summed E-state index contributed by atoms with van der Waals surface area (Å²) in [5.74, 6) is 1.22. The Bertz CT molecular complexity index is 617. The Kier molecular flexibility index (Phi) is 5.23. The Hall–Kier alpha value is -2.24. The highest BCUT2D eigenvalue weighted by Gasteiger charge is 2.34. The second-order valence-corrected chi connectivity index (χ2v) is 6.36. The van der Waals surface area contributed by atoms with Gasteiger partial charge in [0, 0.05) is 26.1 Å². The van der Waals surface area contributed by atoms with Gasteiger partial charge >= 0.3 is 0 Å². The van der Waals surface area contributed by atoms with Gasteiger partial charge < -0.3 is 19.7 Å². The summed E-state index contributed by atoms with van der Waals surface area (Å²) in [5, 5.41) is 2.94. The molecule has 2 heterocycles. The first-order valence-electron chi connectivity index (χ1n) is 8.61. The Morgan fingerprint density at radius 1 is 1.29 bits per heavy atom. The van der Waals surface area contributed by atoms with Crippen LogP contribution in [0.4, 0.5) is 0 Å². The van der Waals surface area contributed by atoms with Gasteiger partial charge in [-0.05, 0) is 24.1 Å². The van der Waals surface area contributed by atoms with Crippen LogP contribution < -0.4 is 14.8 Å². The largest absolute Gasteiger partial charge is 0.454 e. The average molecular weight is 332 g/mol. The number of carbonyl (C=O) groups is 2. The Morgan fingerprint density at radius 2 is 2.12 bits per heavy atom. The molecule has 0 saturated carbocycles. The van der Waals surface area contributed by atoms with E-state index in [2.05, 4.69) is 12.2 Å². The van der Waals surface area contributed by atoms with Crippen LogP contribution in [0.5, 0.6) is 11.5 Å². The Morgan fingerprint density at radius 3 is 2.96 bits per heavy atom. The van der Waals surface area contributed by atoms with E-state index in [0.717, 1.165) is 30.6 Å². The first-order chi connectivity index (χ1) is 11.7. The second kappa shape index (κ2) is 7.55. The van der Waals surface area contributed by atoms with Gasteiger partial charge in [0.25, 0.3) is 0 Å². The predicted octanol–water partition coefficient (Wildman–Crippen LogP) is 2.07. The third-order valence-electron chi connectivity index (χ3n) is 4.48. The third-order valence-corrected chi connectivity index (χ3v) is 4.48. The standard InChI is InChI=1S/C18H24N2O4/c1-2-3-4-7-19-18(22)14-9-17(21)20(11-14)10-13-5-6-15-16(8-13)24-12-23-15/h5-6,8,14H,2-4,7,9-12H2,1H3,(H,19,22). The summed E-state index contributed by atoms with van der Waals surface area (Å²) >= 11 is 0. The van der Waals surface area contributed by atoms with Crippen LogP contribution in [0.1, 0.15) is 38.2 Å². The van der Waals surface area contributed by atoms with Crippen LogP contribution in [0, 0.1) is 5.92 Å². The minimum atomic E-state index is -0.242. The molecule has 1 saturated heterocycles. The van der Waals surface area contributed by atoms with Crippen molar-refractivity contribution in [2.75, 3.05) is 19.9 Å². The average Bonchev–Trinajstić information content (AvgIpc) is 3.18. The fraction of sp³-hybridized carbons (Fsp3) is 0.556. The molecule has 1 aromatic carbocycles. The number of amides is 2. The molecule has 130 valence electrons. The Labute approximate surface area is 142 Å². The molecule has 2 aliphatic heterocycles. The van der Waals surface area contributed by atoms with E-state index in [9.17, 15) is 9.59 Å². The van der Waals surface area contributed by atoms with Crippen LogP contribution >= 0.6 is 0 Å². The number of hydrogen-bond acceptors (Lipinski definition) is 4. The molecule has 0 bridgehead atoms. The fourth-order valence-corrected chi connectivity index (χ4v) is 3.09. The first-order valence-corrected chi connectivity index (χ1v) is 8.61. The van der Waals surface area contributed by atoms with Crippen LogP contribution in [0.3, 0.4) is 0 Å². The number of benzene rings is 1. The summed E-state index contributed by atoms with van der Waals surface area (Å²) in [6.07, 6.45) is 3.52. The summed E-state index contributed by atoms with van der Waals surface area (Å²) in [6, 6.07) is 5.68. The van der Waals surface area contributed by atoms with E-state index < -0.39 is 0 Å². The number of unbranched alkanes of at least 4 members (excludes halogenated alkanes) is 2. The summed E-state index contributed by atoms with van der Waals surface area (Å²) in [5.41, 5.74) is 0.983. The minimum absolute atomic E-state index is 0.00682. The summed E-state index contributed by atoms with van der Waals surface area (Å²) in [7, 11) is 0. The highest BCUT2D eigenvalue weighted by Crippen LogP contribution is 2.33. The number of nitrogens with zero attached hydrogens (tertiary/aromatic N) is 1. The van der Waals surface area contributed by atoms with Crippen molar-refractivity contribution in [2.45, 2.75) is 39.2 Å². The zero-order chi connectivity index (χ0) is 16.9. The maximum atomic E-state index is 12.2. The fourth-order valence-electron chi connectivity index (χ4n) is 3.09. The van der Waals surface area contributed by atoms with E-state index in [4.69, 9.17) is 9.47 Å². The monoisotopic (exact) mass is 332 g/mol. The normalized spacial score (nSPS) is 19.0. The predicted molar refractivity (Wildman–Crippen MR) is 88.6 cm³/mol. The molecule has 1 N–H and O–H groups in total. The zero-order valence-corrected chi connectivity index (χ0v) is 14.0. The third kappa shape index (κ3) is 3.80. The molecular weight excluding hydrogens is 308 g/mol. The molecule has 0 spiro atoms. The van der Waals surface area contributed by atoms with Gasteiger partial charge in [0.2, 0.25) is 18.6 Å². The van der Waals surface area contributed by atoms with Crippen molar-refractivity contribution >= 4 is 11.8 Å². The highest BCUT2D eigenvalue weighted by molar-refractivity contribution is 5.89. The van der Waals surface area contributed by atoms with Crippen molar-refractivity contribution in [1.82, 2.24) is 10.2 Å². The smallest absolute Gasteiger partial charge is 0.231 e. The van der Waals surface area contributed by atoms with Gasteiger partial charge in [-0.25, -0.2) is 0 Å². The number of fused-ring (bicyclic) bond motifs is 1. The van der Waals surface area contributed by atoms with E-state index in [1.54, 1.807) is 4.90 Å². The van der Waals surface area contributed by atoms with Crippen LogP contribution in [0.25, 0.3) is 0 Å². The van der Waals surface area contributed by atoms with Crippen LogP contribution in [0.15, 0.2) is 18.2 Å². The Balaban J connectivity index is 1.52. The molecule has 24 heavy (non-hydrogen) atoms. The van der Waals surface area contributed by atoms with Crippen molar-refractivity contribution in [3.05, 3.63) is 23.8 Å². The van der Waals surface area contributed by atoms with E-state index in [1.807, 2.05) is 18.2 Å². The van der Waals surface area contributed by atoms with Crippen LogP contribution in [-0.2, 0) is 16.1 Å². The number of ether oxygens (including phenoxy) is 2. The van der Waals surface area contributed by atoms with E-state index in [1.165, 1.54) is 0 Å². The lowest BCUT2D eigenvalue weighted by Crippen LogP contribution is -2.33. The maximum Gasteiger partial charge on any atom is 0.231 e. The lowest BCUT2D eigenvalue weighted by molar-refractivity contribution is -0.129. The van der Waals surface area contributed by atoms with Gasteiger partial charge in [0.05, 0.1) is 5.92 Å². The molecule has 6 heteroatoms. The summed E-state index contributed by atoms with van der Waals surface area (Å²) in [6.45, 7) is 4.04. The quantitative estimate of drug-likeness (QED) is 0.776. The lowest BCUT2D eigenvalue weighted by Gasteiger charge is -2.17. The minimum Gasteiger partial charge on any atom is -0.454 e. The molecule has 2 aliphatic rings. The van der Waals surface area contributed by atoms with E-state index >= 15 is 0 Å². The van der Waals surface area contributed by atoms with Gasteiger partial charge in [0.1, 0.15) is 0 Å². The van der Waals surface area contributed by atoms with E-state index in [0.29, 0.717) is 31.8 Å². The molecule has 1 aromatic rings. The number of hydrogen-bond donors (Lipinski definition) is 1. The zero-order valence-electron chi connectivity index (χ0n) is 14.0.